The van der Waals surface area contributed by atoms with Gasteiger partial charge in [0, 0.05) is 16.8 Å². The van der Waals surface area contributed by atoms with Gasteiger partial charge in [-0.1, -0.05) is 89.6 Å². The molecular formula is C28H24Cl3NOPS+. The molecule has 178 valence electrons. The summed E-state index contributed by atoms with van der Waals surface area (Å²) < 4.78 is 0.516. The molecule has 2 nitrogen and oxygen atoms in total. The highest BCUT2D eigenvalue weighted by Gasteiger charge is 2.52. The Morgan fingerprint density at radius 3 is 1.49 bits per heavy atom. The molecule has 7 heteroatoms. The summed E-state index contributed by atoms with van der Waals surface area (Å²) >= 11 is 14.6. The van der Waals surface area contributed by atoms with Crippen LogP contribution in [0.1, 0.15) is 6.92 Å². The molecule has 1 amide bonds. The van der Waals surface area contributed by atoms with Crippen molar-refractivity contribution < 1.29 is 4.79 Å². The smallest absolute Gasteiger partial charge is 0.223 e. The van der Waals surface area contributed by atoms with E-state index in [1.165, 1.54) is 18.7 Å². The third-order valence-electron chi connectivity index (χ3n) is 5.27. The van der Waals surface area contributed by atoms with Crippen molar-refractivity contribution >= 4 is 76.5 Å². The molecule has 4 rings (SSSR count). The van der Waals surface area contributed by atoms with E-state index in [4.69, 9.17) is 23.2 Å². The van der Waals surface area contributed by atoms with Crippen molar-refractivity contribution in [2.45, 2.75) is 11.8 Å². The van der Waals surface area contributed by atoms with Crippen LogP contribution in [-0.4, -0.2) is 5.91 Å². The number of hydrogen-bond donors (Lipinski definition) is 1. The minimum atomic E-state index is -2.55. The Morgan fingerprint density at radius 1 is 0.714 bits per heavy atom. The quantitative estimate of drug-likeness (QED) is 0.189. The summed E-state index contributed by atoms with van der Waals surface area (Å²) in [7, 11) is -2.55. The zero-order chi connectivity index (χ0) is 24.0. The molecule has 0 aliphatic carbocycles. The van der Waals surface area contributed by atoms with Crippen molar-refractivity contribution in [3.63, 3.8) is 0 Å². The SMILES string of the molecule is CC(=O)N/C(=C(/Cl)Sc1ccc(Cl)cc1)[P+](c1ccccc1)(c1ccccc1)c1ccccc1.Cl. The first kappa shape index (κ1) is 27.3. The van der Waals surface area contributed by atoms with Crippen molar-refractivity contribution in [1.29, 1.82) is 0 Å². The van der Waals surface area contributed by atoms with Crippen LogP contribution in [0.25, 0.3) is 0 Å². The van der Waals surface area contributed by atoms with E-state index < -0.39 is 7.26 Å². The van der Waals surface area contributed by atoms with Gasteiger partial charge in [0.2, 0.25) is 11.3 Å². The molecule has 4 aromatic rings. The van der Waals surface area contributed by atoms with Crippen LogP contribution in [0, 0.1) is 0 Å². The van der Waals surface area contributed by atoms with E-state index in [0.717, 1.165) is 20.8 Å². The predicted molar refractivity (Wildman–Crippen MR) is 156 cm³/mol. The summed E-state index contributed by atoms with van der Waals surface area (Å²) in [6.45, 7) is 1.52. The maximum atomic E-state index is 12.6. The largest absolute Gasteiger partial charge is 0.295 e. The first-order chi connectivity index (χ1) is 16.5. The van der Waals surface area contributed by atoms with E-state index in [1.54, 1.807) is 0 Å². The maximum absolute atomic E-state index is 12.6. The van der Waals surface area contributed by atoms with Gasteiger partial charge in [-0.2, -0.15) is 0 Å². The Bertz CT molecular complexity index is 1190. The molecule has 0 atom stereocenters. The highest BCUT2D eigenvalue weighted by Crippen LogP contribution is 2.63. The van der Waals surface area contributed by atoms with Crippen LogP contribution in [0.2, 0.25) is 5.02 Å². The van der Waals surface area contributed by atoms with Gasteiger partial charge in [0.15, 0.2) is 7.26 Å². The highest BCUT2D eigenvalue weighted by atomic mass is 35.5. The molecule has 0 aromatic heterocycles. The molecule has 0 spiro atoms. The fraction of sp³-hybridized carbons (Fsp3) is 0.0357. The number of hydrogen-bond acceptors (Lipinski definition) is 2. The van der Waals surface area contributed by atoms with Crippen LogP contribution in [0.15, 0.2) is 130 Å². The van der Waals surface area contributed by atoms with E-state index in [0.29, 0.717) is 14.8 Å². The molecule has 0 heterocycles. The first-order valence-corrected chi connectivity index (χ1v) is 14.0. The third kappa shape index (κ3) is 6.12. The fourth-order valence-corrected chi connectivity index (χ4v) is 9.99. The van der Waals surface area contributed by atoms with E-state index in [1.807, 2.05) is 78.9 Å². The van der Waals surface area contributed by atoms with E-state index in [9.17, 15) is 4.79 Å². The Kier molecular flexibility index (Phi) is 9.86. The number of amides is 1. The van der Waals surface area contributed by atoms with E-state index in [2.05, 4.69) is 41.7 Å². The molecule has 0 saturated carbocycles. The standard InChI is InChI=1S/C28H22Cl2NOPS.ClH/c1-21(32)31-28(27(30)34-26-19-17-22(29)18-20-26)33(23-11-5-2-6-12-23,24-13-7-3-8-14-24)25-15-9-4-10-16-25;/h2-20H,1H3;1H/p+1/b28-27+;. The summed E-state index contributed by atoms with van der Waals surface area (Å²) in [5.41, 5.74) is 0.713. The molecule has 4 aromatic carbocycles. The molecule has 0 unspecified atom stereocenters. The van der Waals surface area contributed by atoms with Gasteiger partial charge in [0.05, 0.1) is 0 Å². The summed E-state index contributed by atoms with van der Waals surface area (Å²) in [5, 5.41) is 7.13. The second kappa shape index (κ2) is 12.6. The van der Waals surface area contributed by atoms with Crippen LogP contribution in [0.3, 0.4) is 0 Å². The zero-order valence-corrected chi connectivity index (χ0v) is 22.9. The lowest BCUT2D eigenvalue weighted by molar-refractivity contribution is -0.118. The molecule has 0 bridgehead atoms. The van der Waals surface area contributed by atoms with Gasteiger partial charge >= 0.3 is 0 Å². The van der Waals surface area contributed by atoms with Crippen LogP contribution in [0.5, 0.6) is 0 Å². The zero-order valence-electron chi connectivity index (χ0n) is 18.9. The van der Waals surface area contributed by atoms with Gasteiger partial charge in [-0.05, 0) is 60.7 Å². The average molecular weight is 560 g/mol. The third-order valence-corrected chi connectivity index (χ3v) is 11.3. The molecule has 0 fully saturated rings. The Morgan fingerprint density at radius 2 is 1.11 bits per heavy atom. The number of thioether (sulfide) groups is 1. The lowest BCUT2D eigenvalue weighted by Crippen LogP contribution is -2.38. The minimum absolute atomic E-state index is 0. The molecule has 0 aliphatic rings. The van der Waals surface area contributed by atoms with Crippen LogP contribution >= 0.6 is 54.6 Å². The van der Waals surface area contributed by atoms with E-state index >= 15 is 0 Å². The monoisotopic (exact) mass is 558 g/mol. The van der Waals surface area contributed by atoms with Crippen molar-refractivity contribution in [3.8, 4) is 0 Å². The van der Waals surface area contributed by atoms with E-state index in [-0.39, 0.29) is 18.3 Å². The molecule has 0 aliphatic heterocycles. The van der Waals surface area contributed by atoms with Gasteiger partial charge in [0.1, 0.15) is 20.3 Å². The van der Waals surface area contributed by atoms with Crippen LogP contribution in [-0.2, 0) is 4.79 Å². The molecule has 0 radical (unpaired) electrons. The predicted octanol–water partition coefficient (Wildman–Crippen LogP) is 7.35. The molecule has 1 N–H and O–H groups in total. The van der Waals surface area contributed by atoms with Gasteiger partial charge < -0.3 is 0 Å². The van der Waals surface area contributed by atoms with Crippen molar-refractivity contribution in [2.24, 2.45) is 0 Å². The van der Waals surface area contributed by atoms with Crippen LogP contribution < -0.4 is 21.2 Å². The van der Waals surface area contributed by atoms with Gasteiger partial charge in [-0.15, -0.1) is 12.4 Å². The summed E-state index contributed by atoms with van der Waals surface area (Å²) in [6, 6.07) is 38.4. The molecule has 0 saturated heterocycles. The maximum Gasteiger partial charge on any atom is 0.223 e. The highest BCUT2D eigenvalue weighted by molar-refractivity contribution is 8.06. The molecule has 35 heavy (non-hydrogen) atoms. The van der Waals surface area contributed by atoms with Gasteiger partial charge in [-0.3, -0.25) is 10.1 Å². The number of rotatable bonds is 7. The number of nitrogens with one attached hydrogen (secondary N) is 1. The van der Waals surface area contributed by atoms with Gasteiger partial charge in [-0.25, -0.2) is 0 Å². The number of benzene rings is 4. The van der Waals surface area contributed by atoms with Gasteiger partial charge in [0.25, 0.3) is 0 Å². The Balaban J connectivity index is 0.00000342. The summed E-state index contributed by atoms with van der Waals surface area (Å²) in [5.74, 6) is -0.169. The average Bonchev–Trinajstić information content (AvgIpc) is 2.87. The second-order valence-corrected chi connectivity index (χ2v) is 13.0. The number of halogens is 3. The Labute approximate surface area is 227 Å². The molecular weight excluding hydrogens is 536 g/mol. The summed E-state index contributed by atoms with van der Waals surface area (Å²) in [4.78, 5) is 13.5. The minimum Gasteiger partial charge on any atom is -0.295 e. The van der Waals surface area contributed by atoms with Crippen molar-refractivity contribution in [1.82, 2.24) is 5.32 Å². The Hall–Kier alpha value is -2.26. The number of carbonyl (C=O) groups is 1. The first-order valence-electron chi connectivity index (χ1n) is 10.7. The topological polar surface area (TPSA) is 29.1 Å². The second-order valence-electron chi connectivity index (χ2n) is 7.54. The fourth-order valence-electron chi connectivity index (χ4n) is 3.88. The van der Waals surface area contributed by atoms with Crippen molar-refractivity contribution in [3.05, 3.63) is 130 Å². The normalized spacial score (nSPS) is 11.7. The number of carbonyl (C=O) groups excluding carboxylic acids is 1. The lowest BCUT2D eigenvalue weighted by atomic mass is 10.4. The summed E-state index contributed by atoms with van der Waals surface area (Å²) in [6.07, 6.45) is 0. The van der Waals surface area contributed by atoms with Crippen molar-refractivity contribution in [2.75, 3.05) is 0 Å². The lowest BCUT2D eigenvalue weighted by Gasteiger charge is -2.29. The van der Waals surface area contributed by atoms with Crippen LogP contribution in [0.4, 0.5) is 0 Å².